The van der Waals surface area contributed by atoms with Crippen LogP contribution < -0.4 is 0 Å². The van der Waals surface area contributed by atoms with Gasteiger partial charge in [0.15, 0.2) is 0 Å². The fourth-order valence-corrected chi connectivity index (χ4v) is 3.65. The molecule has 0 aliphatic carbocycles. The zero-order valence-electron chi connectivity index (χ0n) is 11.5. The Morgan fingerprint density at radius 1 is 1.17 bits per heavy atom. The number of alkyl halides is 1. The molecule has 0 N–H and O–H groups in total. The normalized spacial score (nSPS) is 32.4. The van der Waals surface area contributed by atoms with E-state index in [2.05, 4.69) is 11.9 Å². The summed E-state index contributed by atoms with van der Waals surface area (Å²) >= 11 is 0. The lowest BCUT2D eigenvalue weighted by molar-refractivity contribution is -0.126. The minimum absolute atomic E-state index is 0.243. The van der Waals surface area contributed by atoms with Gasteiger partial charge in [0.25, 0.3) is 0 Å². The minimum atomic E-state index is -0.243. The van der Waals surface area contributed by atoms with Crippen LogP contribution in [0.25, 0.3) is 0 Å². The number of nitrogens with zero attached hydrogens (tertiary/aromatic N) is 1. The van der Waals surface area contributed by atoms with Crippen LogP contribution in [0.5, 0.6) is 0 Å². The van der Waals surface area contributed by atoms with Crippen LogP contribution in [0.2, 0.25) is 0 Å². The quantitative estimate of drug-likeness (QED) is 0.678. The Bertz CT molecular complexity index is 268. The van der Waals surface area contributed by atoms with Gasteiger partial charge < -0.3 is 4.90 Å². The maximum absolute atomic E-state index is 12.2. The summed E-state index contributed by atoms with van der Waals surface area (Å²) in [4.78, 5) is 14.7. The third-order valence-corrected chi connectivity index (χ3v) is 4.85. The first-order valence-electron chi connectivity index (χ1n) is 7.53. The molecule has 2 unspecified atom stereocenters. The molecule has 0 radical (unpaired) electrons. The summed E-state index contributed by atoms with van der Waals surface area (Å²) < 4.78 is 12.0. The van der Waals surface area contributed by atoms with Crippen molar-refractivity contribution in [3.63, 3.8) is 0 Å². The van der Waals surface area contributed by atoms with E-state index in [0.29, 0.717) is 36.6 Å². The van der Waals surface area contributed by atoms with Gasteiger partial charge in [-0.15, -0.1) is 0 Å². The number of hydrogen-bond donors (Lipinski definition) is 0. The van der Waals surface area contributed by atoms with Crippen molar-refractivity contribution >= 4 is 5.78 Å². The molecule has 2 bridgehead atoms. The topological polar surface area (TPSA) is 20.3 Å². The van der Waals surface area contributed by atoms with Gasteiger partial charge in [0.1, 0.15) is 5.78 Å². The summed E-state index contributed by atoms with van der Waals surface area (Å²) in [5, 5.41) is 0. The lowest BCUT2D eigenvalue weighted by Crippen LogP contribution is -2.51. The number of unbranched alkanes of at least 4 members (excludes halogenated alkanes) is 2. The van der Waals surface area contributed by atoms with Gasteiger partial charge in [-0.1, -0.05) is 12.8 Å². The predicted molar refractivity (Wildman–Crippen MR) is 71.4 cm³/mol. The molecule has 2 heterocycles. The van der Waals surface area contributed by atoms with Gasteiger partial charge in [0.05, 0.1) is 6.67 Å². The molecule has 0 spiro atoms. The fraction of sp³-hybridized carbons (Fsp3) is 0.933. The molecular weight excluding hydrogens is 229 g/mol. The Morgan fingerprint density at radius 2 is 1.83 bits per heavy atom. The van der Waals surface area contributed by atoms with E-state index in [9.17, 15) is 9.18 Å². The van der Waals surface area contributed by atoms with Gasteiger partial charge in [-0.05, 0) is 45.6 Å². The highest BCUT2D eigenvalue weighted by atomic mass is 19.1. The summed E-state index contributed by atoms with van der Waals surface area (Å²) in [6.45, 7) is -0.243. The zero-order valence-corrected chi connectivity index (χ0v) is 11.5. The van der Waals surface area contributed by atoms with Crippen LogP contribution in [0, 0.1) is 5.92 Å². The van der Waals surface area contributed by atoms with Crippen molar-refractivity contribution in [2.24, 2.45) is 5.92 Å². The number of piperidine rings is 2. The highest BCUT2D eigenvalue weighted by Gasteiger charge is 2.38. The smallest absolute Gasteiger partial charge is 0.136 e. The fourth-order valence-electron chi connectivity index (χ4n) is 3.65. The van der Waals surface area contributed by atoms with Gasteiger partial charge in [0.2, 0.25) is 0 Å². The third kappa shape index (κ3) is 3.31. The standard InChI is InChI=1S/C15H26FNO/c1-17-13-6-5-7-14(17)11-12(10-13)15(18)8-3-2-4-9-16/h12-14H,2-11H2,1H3. The molecule has 0 aromatic heterocycles. The average Bonchev–Trinajstić information content (AvgIpc) is 2.34. The number of fused-ring (bicyclic) bond motifs is 2. The lowest BCUT2D eigenvalue weighted by atomic mass is 9.76. The lowest BCUT2D eigenvalue weighted by Gasteiger charge is -2.46. The van der Waals surface area contributed by atoms with E-state index in [1.807, 2.05) is 0 Å². The second-order valence-electron chi connectivity index (χ2n) is 6.04. The molecule has 2 aliphatic heterocycles. The predicted octanol–water partition coefficient (Wildman–Crippen LogP) is 3.35. The summed E-state index contributed by atoms with van der Waals surface area (Å²) in [7, 11) is 2.22. The van der Waals surface area contributed by atoms with Crippen LogP contribution in [0.3, 0.4) is 0 Å². The molecule has 2 fully saturated rings. The van der Waals surface area contributed by atoms with Crippen molar-refractivity contribution in [1.29, 1.82) is 0 Å². The SMILES string of the molecule is CN1C2CCCC1CC(C(=O)CCCCCF)C2. The Hall–Kier alpha value is -0.440. The van der Waals surface area contributed by atoms with Gasteiger partial charge in [-0.3, -0.25) is 9.18 Å². The van der Waals surface area contributed by atoms with Crippen molar-refractivity contribution in [1.82, 2.24) is 4.90 Å². The summed E-state index contributed by atoms with van der Waals surface area (Å²) in [5.74, 6) is 0.737. The third-order valence-electron chi connectivity index (χ3n) is 4.85. The van der Waals surface area contributed by atoms with E-state index in [1.54, 1.807) is 0 Å². The van der Waals surface area contributed by atoms with Crippen molar-refractivity contribution < 1.29 is 9.18 Å². The number of Topliss-reactive ketones (excluding diaryl/α,β-unsaturated/α-hetero) is 1. The van der Waals surface area contributed by atoms with E-state index >= 15 is 0 Å². The number of rotatable bonds is 6. The maximum Gasteiger partial charge on any atom is 0.136 e. The molecule has 0 aromatic rings. The molecule has 18 heavy (non-hydrogen) atoms. The highest BCUT2D eigenvalue weighted by Crippen LogP contribution is 2.36. The summed E-state index contributed by atoms with van der Waals surface area (Å²) in [5.41, 5.74) is 0. The molecule has 2 rings (SSSR count). The van der Waals surface area contributed by atoms with Crippen molar-refractivity contribution in [3.8, 4) is 0 Å². The van der Waals surface area contributed by atoms with E-state index in [4.69, 9.17) is 0 Å². The molecule has 2 atom stereocenters. The highest BCUT2D eigenvalue weighted by molar-refractivity contribution is 5.81. The molecule has 0 amide bonds. The summed E-state index contributed by atoms with van der Waals surface area (Å²) in [6.07, 6.45) is 9.02. The zero-order chi connectivity index (χ0) is 13.0. The monoisotopic (exact) mass is 255 g/mol. The van der Waals surface area contributed by atoms with Crippen LogP contribution in [-0.4, -0.2) is 36.5 Å². The molecular formula is C15H26FNO. The average molecular weight is 255 g/mol. The number of carbonyl (C=O) groups excluding carboxylic acids is 1. The first-order chi connectivity index (χ1) is 8.72. The Kier molecular flexibility index (Phi) is 5.16. The second kappa shape index (κ2) is 6.65. The van der Waals surface area contributed by atoms with Crippen LogP contribution in [-0.2, 0) is 4.79 Å². The molecule has 3 heteroatoms. The van der Waals surface area contributed by atoms with Crippen LogP contribution in [0.4, 0.5) is 4.39 Å². The Morgan fingerprint density at radius 3 is 2.44 bits per heavy atom. The van der Waals surface area contributed by atoms with Gasteiger partial charge in [-0.25, -0.2) is 0 Å². The van der Waals surface area contributed by atoms with Crippen LogP contribution in [0.1, 0.15) is 57.8 Å². The van der Waals surface area contributed by atoms with E-state index in [0.717, 1.165) is 25.7 Å². The van der Waals surface area contributed by atoms with Gasteiger partial charge >= 0.3 is 0 Å². The van der Waals surface area contributed by atoms with Crippen molar-refractivity contribution in [2.75, 3.05) is 13.7 Å². The second-order valence-corrected chi connectivity index (χ2v) is 6.04. The Labute approximate surface area is 110 Å². The summed E-state index contributed by atoms with van der Waals surface area (Å²) in [6, 6.07) is 1.27. The molecule has 0 aromatic carbocycles. The van der Waals surface area contributed by atoms with Gasteiger partial charge in [-0.2, -0.15) is 0 Å². The molecule has 0 saturated carbocycles. The van der Waals surface area contributed by atoms with E-state index in [-0.39, 0.29) is 6.67 Å². The molecule has 2 aliphatic rings. The van der Waals surface area contributed by atoms with Crippen molar-refractivity contribution in [3.05, 3.63) is 0 Å². The van der Waals surface area contributed by atoms with Crippen LogP contribution >= 0.6 is 0 Å². The molecule has 2 saturated heterocycles. The Balaban J connectivity index is 1.77. The number of halogens is 1. The van der Waals surface area contributed by atoms with Gasteiger partial charge in [0, 0.05) is 24.4 Å². The van der Waals surface area contributed by atoms with E-state index in [1.165, 1.54) is 19.3 Å². The number of hydrogen-bond acceptors (Lipinski definition) is 2. The number of ketones is 1. The molecule has 2 nitrogen and oxygen atoms in total. The largest absolute Gasteiger partial charge is 0.300 e. The first-order valence-corrected chi connectivity index (χ1v) is 7.53. The maximum atomic E-state index is 12.2. The minimum Gasteiger partial charge on any atom is -0.300 e. The van der Waals surface area contributed by atoms with Crippen LogP contribution in [0.15, 0.2) is 0 Å². The number of carbonyl (C=O) groups is 1. The molecule has 104 valence electrons. The van der Waals surface area contributed by atoms with E-state index < -0.39 is 0 Å². The van der Waals surface area contributed by atoms with Crippen molar-refractivity contribution in [2.45, 2.75) is 69.9 Å². The first kappa shape index (κ1) is 14.0.